The predicted molar refractivity (Wildman–Crippen MR) is 158 cm³/mol. The summed E-state index contributed by atoms with van der Waals surface area (Å²) in [6, 6.07) is 6.24. The van der Waals surface area contributed by atoms with Crippen molar-refractivity contribution >= 4 is 61.3 Å². The number of likely N-dealkylation sites (tertiary alicyclic amines) is 1. The minimum atomic E-state index is -0.602. The first kappa shape index (κ1) is 29.5. The summed E-state index contributed by atoms with van der Waals surface area (Å²) < 4.78 is 12.8. The van der Waals surface area contributed by atoms with Crippen LogP contribution in [0.15, 0.2) is 33.3 Å². The summed E-state index contributed by atoms with van der Waals surface area (Å²) in [5, 5.41) is 0.723. The molecule has 5 rings (SSSR count). The van der Waals surface area contributed by atoms with E-state index in [9.17, 15) is 14.4 Å². The zero-order valence-electron chi connectivity index (χ0n) is 22.6. The molecule has 1 aromatic carbocycles. The normalized spacial score (nSPS) is 24.9. The van der Waals surface area contributed by atoms with E-state index in [1.165, 1.54) is 30.5 Å². The Balaban J connectivity index is 1.33. The highest BCUT2D eigenvalue weighted by Crippen LogP contribution is 2.46. The first-order chi connectivity index (χ1) is 19.1. The van der Waals surface area contributed by atoms with Gasteiger partial charge in [0.2, 0.25) is 5.91 Å². The van der Waals surface area contributed by atoms with Gasteiger partial charge < -0.3 is 14.4 Å². The van der Waals surface area contributed by atoms with Crippen LogP contribution in [0.4, 0.5) is 0 Å². The van der Waals surface area contributed by atoms with Gasteiger partial charge in [-0.2, -0.15) is 0 Å². The summed E-state index contributed by atoms with van der Waals surface area (Å²) in [5.41, 5.74) is 4.87. The Morgan fingerprint density at radius 1 is 0.925 bits per heavy atom. The number of carbonyl (C=O) groups is 3. The summed E-state index contributed by atoms with van der Waals surface area (Å²) in [6.07, 6.45) is 5.75. The van der Waals surface area contributed by atoms with Gasteiger partial charge in [0.05, 0.1) is 5.69 Å². The molecule has 10 heteroatoms. The van der Waals surface area contributed by atoms with Crippen molar-refractivity contribution in [3.63, 3.8) is 0 Å². The molecule has 1 aromatic heterocycles. The molecule has 7 nitrogen and oxygen atoms in total. The zero-order chi connectivity index (χ0) is 28.6. The van der Waals surface area contributed by atoms with Gasteiger partial charge in [0.25, 0.3) is 0 Å². The summed E-state index contributed by atoms with van der Waals surface area (Å²) in [7, 11) is 0. The number of piperidine rings is 1. The van der Waals surface area contributed by atoms with Gasteiger partial charge in [0.15, 0.2) is 0 Å². The van der Waals surface area contributed by atoms with E-state index in [-0.39, 0.29) is 17.7 Å². The van der Waals surface area contributed by atoms with E-state index in [0.29, 0.717) is 38.3 Å². The van der Waals surface area contributed by atoms with Gasteiger partial charge in [-0.25, -0.2) is 0 Å². The van der Waals surface area contributed by atoms with Crippen molar-refractivity contribution in [3.05, 3.63) is 60.7 Å². The minimum absolute atomic E-state index is 0.0913. The van der Waals surface area contributed by atoms with Crippen LogP contribution >= 0.6 is 43.5 Å². The number of fused-ring (bicyclic) bond motifs is 2. The van der Waals surface area contributed by atoms with Gasteiger partial charge in [-0.15, -0.1) is 0 Å². The lowest BCUT2D eigenvalue weighted by Crippen LogP contribution is -2.47. The van der Waals surface area contributed by atoms with Crippen molar-refractivity contribution in [1.82, 2.24) is 9.88 Å². The smallest absolute Gasteiger partial charge is 0.303 e. The first-order valence-electron chi connectivity index (χ1n) is 13.9. The molecule has 2 aromatic rings. The number of halogens is 3. The standard InChI is InChI=1S/C30H33Br2ClN2O5/c1-16(36)39-25-6-5-21(13-26(25)40-17(2)37)30(38)35-9-7-18(8-10-35)28-27-19(12-23(33)14-24(27)32)3-4-20-11-22(31)15-34-29(20)28/h11-12,14-15,18,21,25-26,28H,3-10,13H2,1-2H3/t21?,25?,26?,28-/m1/s1. The van der Waals surface area contributed by atoms with Crippen LogP contribution in [-0.4, -0.2) is 53.0 Å². The Morgan fingerprint density at radius 2 is 1.60 bits per heavy atom. The number of hydrogen-bond acceptors (Lipinski definition) is 6. The molecular formula is C30H33Br2ClN2O5. The van der Waals surface area contributed by atoms with E-state index in [0.717, 1.165) is 45.3 Å². The Hall–Kier alpha value is -1.97. The van der Waals surface area contributed by atoms with Gasteiger partial charge in [-0.3, -0.25) is 19.4 Å². The van der Waals surface area contributed by atoms with Crippen molar-refractivity contribution in [3.8, 4) is 0 Å². The number of carbonyl (C=O) groups excluding carboxylic acids is 3. The number of benzene rings is 1. The van der Waals surface area contributed by atoms with E-state index in [1.807, 2.05) is 17.2 Å². The number of aromatic nitrogens is 1. The molecular weight excluding hydrogens is 664 g/mol. The van der Waals surface area contributed by atoms with Gasteiger partial charge in [0, 0.05) is 58.9 Å². The van der Waals surface area contributed by atoms with Crippen LogP contribution in [0.1, 0.15) is 74.3 Å². The van der Waals surface area contributed by atoms with E-state index in [2.05, 4.69) is 44.0 Å². The van der Waals surface area contributed by atoms with Crippen molar-refractivity contribution in [1.29, 1.82) is 0 Å². The summed E-state index contributed by atoms with van der Waals surface area (Å²) in [5.74, 6) is -0.591. The third-order valence-electron chi connectivity index (χ3n) is 8.46. The second-order valence-corrected chi connectivity index (χ2v) is 13.3. The molecule has 3 unspecified atom stereocenters. The molecule has 1 saturated heterocycles. The van der Waals surface area contributed by atoms with E-state index in [4.69, 9.17) is 26.1 Å². The van der Waals surface area contributed by atoms with Crippen LogP contribution in [0, 0.1) is 11.8 Å². The Morgan fingerprint density at radius 3 is 2.30 bits per heavy atom. The maximum absolute atomic E-state index is 13.6. The maximum atomic E-state index is 13.6. The van der Waals surface area contributed by atoms with Crippen molar-refractivity contribution in [2.24, 2.45) is 11.8 Å². The largest absolute Gasteiger partial charge is 0.459 e. The van der Waals surface area contributed by atoms with Crippen molar-refractivity contribution in [2.75, 3.05) is 13.1 Å². The molecule has 3 aliphatic rings. The number of esters is 2. The molecule has 0 N–H and O–H groups in total. The quantitative estimate of drug-likeness (QED) is 0.345. The van der Waals surface area contributed by atoms with Gasteiger partial charge >= 0.3 is 11.9 Å². The highest BCUT2D eigenvalue weighted by atomic mass is 79.9. The molecule has 2 aliphatic carbocycles. The van der Waals surface area contributed by atoms with E-state index < -0.39 is 24.1 Å². The molecule has 2 fully saturated rings. The third-order valence-corrected chi connectivity index (χ3v) is 9.76. The fourth-order valence-corrected chi connectivity index (χ4v) is 8.25. The molecule has 1 saturated carbocycles. The second kappa shape index (κ2) is 12.5. The molecule has 1 amide bonds. The van der Waals surface area contributed by atoms with Gasteiger partial charge in [0.1, 0.15) is 12.2 Å². The van der Waals surface area contributed by atoms with Gasteiger partial charge in [-0.05, 0) is 102 Å². The van der Waals surface area contributed by atoms with Crippen LogP contribution in [-0.2, 0) is 36.7 Å². The number of pyridine rings is 1. The third kappa shape index (κ3) is 6.41. The Labute approximate surface area is 256 Å². The van der Waals surface area contributed by atoms with Crippen molar-refractivity contribution in [2.45, 2.75) is 76.9 Å². The van der Waals surface area contributed by atoms with Gasteiger partial charge in [-0.1, -0.05) is 27.5 Å². The lowest BCUT2D eigenvalue weighted by Gasteiger charge is -2.40. The van der Waals surface area contributed by atoms with Crippen molar-refractivity contribution < 1.29 is 23.9 Å². The lowest BCUT2D eigenvalue weighted by molar-refractivity contribution is -0.172. The van der Waals surface area contributed by atoms with Crippen LogP contribution < -0.4 is 0 Å². The van der Waals surface area contributed by atoms with Crippen LogP contribution in [0.2, 0.25) is 5.02 Å². The molecule has 0 bridgehead atoms. The Kier molecular flexibility index (Phi) is 9.22. The molecule has 4 atom stereocenters. The van der Waals surface area contributed by atoms with E-state index in [1.54, 1.807) is 0 Å². The predicted octanol–water partition coefficient (Wildman–Crippen LogP) is 6.39. The second-order valence-electron chi connectivity index (χ2n) is 11.1. The number of amides is 1. The number of aryl methyl sites for hydroxylation is 2. The maximum Gasteiger partial charge on any atom is 0.303 e. The fourth-order valence-electron chi connectivity index (χ4n) is 6.75. The average molecular weight is 697 g/mol. The summed E-state index contributed by atoms with van der Waals surface area (Å²) in [6.45, 7) is 4.01. The highest BCUT2D eigenvalue weighted by Gasteiger charge is 2.41. The molecule has 1 aliphatic heterocycles. The lowest BCUT2D eigenvalue weighted by atomic mass is 9.76. The number of rotatable bonds is 4. The SMILES string of the molecule is CC(=O)OC1CCC(C(=O)N2CCC([C@H]3c4ncc(Br)cc4CCc4cc(Cl)cc(Br)c43)CC2)CC1OC(C)=O. The summed E-state index contributed by atoms with van der Waals surface area (Å²) in [4.78, 5) is 43.7. The Bertz CT molecular complexity index is 1310. The minimum Gasteiger partial charge on any atom is -0.459 e. The molecule has 0 spiro atoms. The number of hydrogen-bond donors (Lipinski definition) is 0. The van der Waals surface area contributed by atoms with Crippen LogP contribution in [0.25, 0.3) is 0 Å². The van der Waals surface area contributed by atoms with E-state index >= 15 is 0 Å². The first-order valence-corrected chi connectivity index (χ1v) is 15.8. The fraction of sp³-hybridized carbons (Fsp3) is 0.533. The van der Waals surface area contributed by atoms with Crippen LogP contribution in [0.3, 0.4) is 0 Å². The number of ether oxygens (including phenoxy) is 2. The molecule has 40 heavy (non-hydrogen) atoms. The molecule has 214 valence electrons. The summed E-state index contributed by atoms with van der Waals surface area (Å²) >= 11 is 13.9. The van der Waals surface area contributed by atoms with Crippen LogP contribution in [0.5, 0.6) is 0 Å². The number of nitrogens with zero attached hydrogens (tertiary/aromatic N) is 2. The topological polar surface area (TPSA) is 85.8 Å². The highest BCUT2D eigenvalue weighted by molar-refractivity contribution is 9.10. The molecule has 2 heterocycles. The monoisotopic (exact) mass is 694 g/mol. The average Bonchev–Trinajstić information content (AvgIpc) is 3.05. The zero-order valence-corrected chi connectivity index (χ0v) is 26.6. The molecule has 0 radical (unpaired) electrons.